The Morgan fingerprint density at radius 3 is 2.65 bits per heavy atom. The number of pyridine rings is 1. The van der Waals surface area contributed by atoms with Crippen LogP contribution in [0.2, 0.25) is 0 Å². The zero-order valence-corrected chi connectivity index (χ0v) is 21.0. The molecule has 1 fully saturated rings. The highest BCUT2D eigenvalue weighted by Crippen LogP contribution is 2.27. The first kappa shape index (κ1) is 25.2. The summed E-state index contributed by atoms with van der Waals surface area (Å²) in [5, 5.41) is 6.89. The molecule has 170 valence electrons. The highest BCUT2D eigenvalue weighted by Gasteiger charge is 2.24. The molecule has 0 amide bonds. The van der Waals surface area contributed by atoms with Gasteiger partial charge in [-0.15, -0.1) is 24.0 Å². The largest absolute Gasteiger partial charge is 0.497 e. The van der Waals surface area contributed by atoms with E-state index < -0.39 is 0 Å². The Bertz CT molecular complexity index is 827. The Hall–Kier alpha value is -2.07. The first-order valence-electron chi connectivity index (χ1n) is 10.6. The van der Waals surface area contributed by atoms with Crippen molar-refractivity contribution in [2.45, 2.75) is 32.4 Å². The van der Waals surface area contributed by atoms with E-state index in [0.717, 1.165) is 43.5 Å². The molecule has 0 radical (unpaired) electrons. The fourth-order valence-electron chi connectivity index (χ4n) is 3.73. The van der Waals surface area contributed by atoms with Gasteiger partial charge in [-0.05, 0) is 62.2 Å². The molecule has 0 aliphatic carbocycles. The molecule has 1 atom stereocenters. The van der Waals surface area contributed by atoms with Crippen molar-refractivity contribution in [2.75, 3.05) is 40.4 Å². The Labute approximate surface area is 202 Å². The second kappa shape index (κ2) is 13.4. The molecule has 1 aromatic heterocycles. The number of aromatic nitrogens is 1. The predicted octanol–water partition coefficient (Wildman–Crippen LogP) is 3.61. The van der Waals surface area contributed by atoms with Crippen LogP contribution >= 0.6 is 24.0 Å². The summed E-state index contributed by atoms with van der Waals surface area (Å²) in [6.07, 6.45) is 4.24. The lowest BCUT2D eigenvalue weighted by Crippen LogP contribution is -2.42. The molecule has 2 aromatic rings. The fraction of sp³-hybridized carbons (Fsp3) is 0.478. The number of rotatable bonds is 9. The van der Waals surface area contributed by atoms with E-state index >= 15 is 0 Å². The van der Waals surface area contributed by atoms with Crippen molar-refractivity contribution in [1.29, 1.82) is 0 Å². The standard InChI is InChI=1S/C23H33N5O2.HI/c1-4-24-23(26-16-18-10-11-25-22(14-18)30-3)27-17-21(28-12-5-6-13-28)19-8-7-9-20(15-19)29-2;/h7-11,14-15,21H,4-6,12-13,16-17H2,1-3H3,(H2,24,26,27);1H. The van der Waals surface area contributed by atoms with Gasteiger partial charge in [-0.25, -0.2) is 9.98 Å². The smallest absolute Gasteiger partial charge is 0.213 e. The van der Waals surface area contributed by atoms with Gasteiger partial charge < -0.3 is 20.1 Å². The Kier molecular flexibility index (Phi) is 10.9. The summed E-state index contributed by atoms with van der Waals surface area (Å²) in [7, 11) is 3.34. The van der Waals surface area contributed by atoms with E-state index in [1.807, 2.05) is 18.2 Å². The molecule has 31 heavy (non-hydrogen) atoms. The molecular weight excluding hydrogens is 505 g/mol. The number of nitrogens with one attached hydrogen (secondary N) is 2. The van der Waals surface area contributed by atoms with Crippen LogP contribution in [0.5, 0.6) is 11.6 Å². The van der Waals surface area contributed by atoms with Crippen molar-refractivity contribution in [3.63, 3.8) is 0 Å². The van der Waals surface area contributed by atoms with Crippen molar-refractivity contribution < 1.29 is 9.47 Å². The van der Waals surface area contributed by atoms with Gasteiger partial charge in [0.25, 0.3) is 0 Å². The summed E-state index contributed by atoms with van der Waals surface area (Å²) in [5.74, 6) is 2.30. The number of halogens is 1. The van der Waals surface area contributed by atoms with Crippen LogP contribution < -0.4 is 20.1 Å². The van der Waals surface area contributed by atoms with Crippen molar-refractivity contribution >= 4 is 29.9 Å². The summed E-state index contributed by atoms with van der Waals surface area (Å²) in [6.45, 7) is 6.45. The van der Waals surface area contributed by atoms with Crippen LogP contribution in [0.25, 0.3) is 0 Å². The number of nitrogens with zero attached hydrogens (tertiary/aromatic N) is 3. The van der Waals surface area contributed by atoms with Gasteiger partial charge in [0.1, 0.15) is 5.75 Å². The van der Waals surface area contributed by atoms with E-state index in [2.05, 4.69) is 45.6 Å². The fourth-order valence-corrected chi connectivity index (χ4v) is 3.73. The number of benzene rings is 1. The molecule has 0 spiro atoms. The Morgan fingerprint density at radius 1 is 1.13 bits per heavy atom. The molecule has 1 aliphatic heterocycles. The van der Waals surface area contributed by atoms with E-state index in [9.17, 15) is 0 Å². The number of guanidine groups is 1. The molecule has 0 bridgehead atoms. The number of methoxy groups -OCH3 is 2. The third-order valence-corrected chi connectivity index (χ3v) is 5.30. The minimum absolute atomic E-state index is 0. The first-order chi connectivity index (χ1) is 14.7. The van der Waals surface area contributed by atoms with Crippen molar-refractivity contribution in [3.8, 4) is 11.6 Å². The van der Waals surface area contributed by atoms with Gasteiger partial charge in [-0.3, -0.25) is 4.90 Å². The van der Waals surface area contributed by atoms with E-state index in [1.54, 1.807) is 20.4 Å². The van der Waals surface area contributed by atoms with Crippen LogP contribution in [-0.2, 0) is 6.54 Å². The number of ether oxygens (including phenoxy) is 2. The Morgan fingerprint density at radius 2 is 1.94 bits per heavy atom. The summed E-state index contributed by atoms with van der Waals surface area (Å²) in [6, 6.07) is 12.5. The van der Waals surface area contributed by atoms with Crippen molar-refractivity contribution in [3.05, 3.63) is 53.7 Å². The molecule has 7 nitrogen and oxygen atoms in total. The molecular formula is C23H34IN5O2. The van der Waals surface area contributed by atoms with E-state index in [4.69, 9.17) is 14.5 Å². The van der Waals surface area contributed by atoms with Gasteiger partial charge in [0.2, 0.25) is 5.88 Å². The maximum atomic E-state index is 5.45. The van der Waals surface area contributed by atoms with E-state index in [0.29, 0.717) is 12.4 Å². The summed E-state index contributed by atoms with van der Waals surface area (Å²) >= 11 is 0. The molecule has 1 aromatic carbocycles. The van der Waals surface area contributed by atoms with E-state index in [1.165, 1.54) is 18.4 Å². The molecule has 0 saturated carbocycles. The Balaban J connectivity index is 0.00000341. The van der Waals surface area contributed by atoms with Gasteiger partial charge in [0.05, 0.1) is 26.8 Å². The number of hydrogen-bond donors (Lipinski definition) is 2. The minimum atomic E-state index is 0. The van der Waals surface area contributed by atoms with Gasteiger partial charge in [-0.2, -0.15) is 0 Å². The highest BCUT2D eigenvalue weighted by atomic mass is 127. The summed E-state index contributed by atoms with van der Waals surface area (Å²) in [4.78, 5) is 11.4. The lowest BCUT2D eigenvalue weighted by atomic mass is 10.1. The molecule has 3 rings (SSSR count). The molecule has 1 unspecified atom stereocenters. The monoisotopic (exact) mass is 539 g/mol. The summed E-state index contributed by atoms with van der Waals surface area (Å²) in [5.41, 5.74) is 2.32. The second-order valence-electron chi connectivity index (χ2n) is 7.32. The number of likely N-dealkylation sites (tertiary alicyclic amines) is 1. The van der Waals surface area contributed by atoms with Crippen molar-refractivity contribution in [1.82, 2.24) is 20.5 Å². The third kappa shape index (κ3) is 7.53. The van der Waals surface area contributed by atoms with Crippen LogP contribution in [-0.4, -0.2) is 56.2 Å². The van der Waals surface area contributed by atoms with Gasteiger partial charge in [0, 0.05) is 25.4 Å². The lowest BCUT2D eigenvalue weighted by Gasteiger charge is -2.29. The van der Waals surface area contributed by atoms with Gasteiger partial charge >= 0.3 is 0 Å². The first-order valence-corrected chi connectivity index (χ1v) is 10.6. The van der Waals surface area contributed by atoms with Gasteiger partial charge in [-0.1, -0.05) is 12.1 Å². The molecule has 1 aliphatic rings. The molecule has 2 heterocycles. The van der Waals surface area contributed by atoms with Crippen LogP contribution in [0.4, 0.5) is 0 Å². The van der Waals surface area contributed by atoms with Crippen LogP contribution in [0.1, 0.15) is 36.9 Å². The third-order valence-electron chi connectivity index (χ3n) is 5.30. The van der Waals surface area contributed by atoms with Crippen LogP contribution in [0, 0.1) is 0 Å². The zero-order chi connectivity index (χ0) is 21.2. The lowest BCUT2D eigenvalue weighted by molar-refractivity contribution is 0.245. The minimum Gasteiger partial charge on any atom is -0.497 e. The van der Waals surface area contributed by atoms with Crippen molar-refractivity contribution in [2.24, 2.45) is 4.99 Å². The van der Waals surface area contributed by atoms with E-state index in [-0.39, 0.29) is 30.0 Å². The summed E-state index contributed by atoms with van der Waals surface area (Å²) < 4.78 is 10.7. The van der Waals surface area contributed by atoms with Crippen LogP contribution in [0.15, 0.2) is 47.6 Å². The number of aliphatic imine (C=N–C) groups is 1. The highest BCUT2D eigenvalue weighted by molar-refractivity contribution is 14.0. The molecule has 8 heteroatoms. The maximum Gasteiger partial charge on any atom is 0.213 e. The SMILES string of the molecule is CCNC(=NCc1ccnc(OC)c1)NCC(c1cccc(OC)c1)N1CCCC1.I. The quantitative estimate of drug-likeness (QED) is 0.288. The predicted molar refractivity (Wildman–Crippen MR) is 136 cm³/mol. The number of hydrogen-bond acceptors (Lipinski definition) is 5. The second-order valence-corrected chi connectivity index (χ2v) is 7.32. The van der Waals surface area contributed by atoms with Crippen LogP contribution in [0.3, 0.4) is 0 Å². The molecule has 2 N–H and O–H groups in total. The van der Waals surface area contributed by atoms with Gasteiger partial charge in [0.15, 0.2) is 5.96 Å². The maximum absolute atomic E-state index is 5.45. The topological polar surface area (TPSA) is 71.0 Å². The average molecular weight is 539 g/mol. The zero-order valence-electron chi connectivity index (χ0n) is 18.6. The average Bonchev–Trinajstić information content (AvgIpc) is 3.32. The normalized spacial score (nSPS) is 15.1. The molecule has 1 saturated heterocycles.